The van der Waals surface area contributed by atoms with Crippen molar-refractivity contribution in [3.8, 4) is 6.07 Å². The summed E-state index contributed by atoms with van der Waals surface area (Å²) in [6.07, 6.45) is 1.85. The van der Waals surface area contributed by atoms with Crippen LogP contribution in [0, 0.1) is 18.3 Å². The number of thiophene rings is 1. The van der Waals surface area contributed by atoms with E-state index in [1.54, 1.807) is 11.3 Å². The van der Waals surface area contributed by atoms with Crippen LogP contribution in [-0.2, 0) is 0 Å². The molecule has 0 unspecified atom stereocenters. The number of allylic oxidation sites excluding steroid dienone is 1. The zero-order valence-electron chi connectivity index (χ0n) is 10.6. The van der Waals surface area contributed by atoms with Crippen molar-refractivity contribution >= 4 is 49.9 Å². The van der Waals surface area contributed by atoms with Crippen LogP contribution >= 0.6 is 27.3 Å². The van der Waals surface area contributed by atoms with E-state index in [2.05, 4.69) is 32.0 Å². The Hall–Kier alpha value is -1.90. The molecule has 0 fully saturated rings. The van der Waals surface area contributed by atoms with E-state index in [0.717, 1.165) is 25.3 Å². The molecule has 5 heteroatoms. The highest BCUT2D eigenvalue weighted by atomic mass is 79.9. The Kier molecular flexibility index (Phi) is 3.43. The number of hydrogen-bond donors (Lipinski definition) is 1. The number of fused-ring (bicyclic) bond motifs is 1. The molecule has 3 rings (SSSR count). The van der Waals surface area contributed by atoms with Crippen LogP contribution in [-0.4, -0.2) is 9.97 Å². The van der Waals surface area contributed by atoms with Gasteiger partial charge in [-0.25, -0.2) is 4.98 Å². The van der Waals surface area contributed by atoms with Crippen molar-refractivity contribution in [3.63, 3.8) is 0 Å². The van der Waals surface area contributed by atoms with Crippen molar-refractivity contribution in [2.45, 2.75) is 6.92 Å². The van der Waals surface area contributed by atoms with Crippen LogP contribution in [0.2, 0.25) is 0 Å². The molecule has 0 aliphatic rings. The van der Waals surface area contributed by atoms with Gasteiger partial charge in [-0.2, -0.15) is 5.26 Å². The molecule has 1 N–H and O–H groups in total. The maximum Gasteiger partial charge on any atom is 0.149 e. The Bertz CT molecular complexity index is 852. The average molecular weight is 344 g/mol. The number of aryl methyl sites for hydroxylation is 1. The summed E-state index contributed by atoms with van der Waals surface area (Å²) in [4.78, 5) is 8.70. The van der Waals surface area contributed by atoms with E-state index >= 15 is 0 Å². The van der Waals surface area contributed by atoms with E-state index in [1.807, 2.05) is 43.3 Å². The molecule has 98 valence electrons. The molecule has 3 aromatic rings. The van der Waals surface area contributed by atoms with Gasteiger partial charge in [-0.15, -0.1) is 11.3 Å². The lowest BCUT2D eigenvalue weighted by Crippen LogP contribution is -1.83. The van der Waals surface area contributed by atoms with Gasteiger partial charge in [0.2, 0.25) is 0 Å². The number of aromatic amines is 1. The summed E-state index contributed by atoms with van der Waals surface area (Å²) in [5.74, 6) is 0.609. The third-order valence-corrected chi connectivity index (χ3v) is 4.46. The van der Waals surface area contributed by atoms with E-state index in [9.17, 15) is 5.26 Å². The quantitative estimate of drug-likeness (QED) is 0.682. The largest absolute Gasteiger partial charge is 0.337 e. The molecule has 0 aliphatic heterocycles. The molecule has 1 aromatic carbocycles. The Balaban J connectivity index is 2.07. The fourth-order valence-corrected chi connectivity index (χ4v) is 3.32. The molecule has 0 spiro atoms. The number of halogens is 1. The zero-order chi connectivity index (χ0) is 14.1. The summed E-state index contributed by atoms with van der Waals surface area (Å²) in [6, 6.07) is 12.2. The van der Waals surface area contributed by atoms with Gasteiger partial charge in [-0.1, -0.05) is 6.07 Å². The third-order valence-electron chi connectivity index (χ3n) is 2.89. The average Bonchev–Trinajstić information content (AvgIpc) is 3.01. The second-order valence-electron chi connectivity index (χ2n) is 4.42. The summed E-state index contributed by atoms with van der Waals surface area (Å²) < 4.78 is 1.04. The summed E-state index contributed by atoms with van der Waals surface area (Å²) in [7, 11) is 0. The first-order valence-electron chi connectivity index (χ1n) is 5.99. The van der Waals surface area contributed by atoms with Crippen LogP contribution in [0.15, 0.2) is 34.1 Å². The van der Waals surface area contributed by atoms with Gasteiger partial charge in [0.05, 0.1) is 20.4 Å². The molecule has 3 nitrogen and oxygen atoms in total. The van der Waals surface area contributed by atoms with E-state index in [4.69, 9.17) is 0 Å². The second kappa shape index (κ2) is 5.23. The lowest BCUT2D eigenvalue weighted by Gasteiger charge is -1.91. The van der Waals surface area contributed by atoms with Crippen LogP contribution in [0.4, 0.5) is 0 Å². The molecule has 0 saturated heterocycles. The summed E-state index contributed by atoms with van der Waals surface area (Å²) in [6.45, 7) is 2.03. The number of nitrogens with one attached hydrogen (secondary N) is 1. The molecule has 0 radical (unpaired) electrons. The molecule has 2 aromatic heterocycles. The first kappa shape index (κ1) is 13.1. The van der Waals surface area contributed by atoms with Gasteiger partial charge >= 0.3 is 0 Å². The van der Waals surface area contributed by atoms with E-state index < -0.39 is 0 Å². The fraction of sp³-hybridized carbons (Fsp3) is 0.0667. The fourth-order valence-electron chi connectivity index (χ4n) is 1.95. The molecule has 0 bridgehead atoms. The number of H-pyrrole nitrogens is 1. The maximum atomic E-state index is 9.34. The third kappa shape index (κ3) is 2.53. The van der Waals surface area contributed by atoms with Crippen LogP contribution in [0.5, 0.6) is 0 Å². The minimum atomic E-state index is 0.535. The molecular weight excluding hydrogens is 334 g/mol. The summed E-state index contributed by atoms with van der Waals surface area (Å²) in [5, 5.41) is 9.34. The van der Waals surface area contributed by atoms with Gasteiger partial charge in [-0.05, 0) is 58.8 Å². The highest BCUT2D eigenvalue weighted by Crippen LogP contribution is 2.26. The number of hydrogen-bond acceptors (Lipinski definition) is 3. The summed E-state index contributed by atoms with van der Waals surface area (Å²) in [5.41, 5.74) is 3.53. The van der Waals surface area contributed by atoms with Crippen molar-refractivity contribution in [3.05, 3.63) is 50.4 Å². The SMILES string of the molecule is Cc1ccc2nc(/C(C#N)=C\c3ccc(Br)s3)[nH]c2c1. The number of rotatable bonds is 2. The number of aromatic nitrogens is 2. The van der Waals surface area contributed by atoms with Crippen molar-refractivity contribution in [2.75, 3.05) is 0 Å². The molecular formula is C15H10BrN3S. The maximum absolute atomic E-state index is 9.34. The highest BCUT2D eigenvalue weighted by molar-refractivity contribution is 9.11. The van der Waals surface area contributed by atoms with Gasteiger partial charge in [0.1, 0.15) is 11.9 Å². The first-order chi connectivity index (χ1) is 9.65. The number of benzene rings is 1. The predicted octanol–water partition coefficient (Wildman–Crippen LogP) is 4.76. The molecule has 0 amide bonds. The van der Waals surface area contributed by atoms with Crippen LogP contribution < -0.4 is 0 Å². The second-order valence-corrected chi connectivity index (χ2v) is 6.91. The van der Waals surface area contributed by atoms with Gasteiger partial charge in [0.25, 0.3) is 0 Å². The normalized spacial score (nSPS) is 11.8. The number of nitriles is 1. The Labute approximate surface area is 128 Å². The standard InChI is InChI=1S/C15H10BrN3S/c1-9-2-4-12-13(6-9)19-15(18-12)10(8-17)7-11-3-5-14(16)20-11/h2-7H,1H3,(H,18,19)/b10-7-. The molecule has 20 heavy (non-hydrogen) atoms. The molecule has 2 heterocycles. The Morgan fingerprint density at radius 2 is 2.25 bits per heavy atom. The predicted molar refractivity (Wildman–Crippen MR) is 86.3 cm³/mol. The van der Waals surface area contributed by atoms with Crippen molar-refractivity contribution in [2.24, 2.45) is 0 Å². The Morgan fingerprint density at radius 3 is 2.95 bits per heavy atom. The van der Waals surface area contributed by atoms with Gasteiger partial charge in [0, 0.05) is 4.88 Å². The minimum Gasteiger partial charge on any atom is -0.337 e. The molecule has 0 aliphatic carbocycles. The van der Waals surface area contributed by atoms with E-state index in [1.165, 1.54) is 0 Å². The zero-order valence-corrected chi connectivity index (χ0v) is 13.0. The monoisotopic (exact) mass is 343 g/mol. The first-order valence-corrected chi connectivity index (χ1v) is 7.60. The van der Waals surface area contributed by atoms with E-state index in [0.29, 0.717) is 11.4 Å². The van der Waals surface area contributed by atoms with E-state index in [-0.39, 0.29) is 0 Å². The minimum absolute atomic E-state index is 0.535. The van der Waals surface area contributed by atoms with Crippen molar-refractivity contribution in [1.82, 2.24) is 9.97 Å². The van der Waals surface area contributed by atoms with Gasteiger partial charge in [0.15, 0.2) is 0 Å². The van der Waals surface area contributed by atoms with Gasteiger partial charge in [-0.3, -0.25) is 0 Å². The lowest BCUT2D eigenvalue weighted by molar-refractivity contribution is 1.27. The van der Waals surface area contributed by atoms with Crippen LogP contribution in [0.3, 0.4) is 0 Å². The van der Waals surface area contributed by atoms with Crippen molar-refractivity contribution in [1.29, 1.82) is 5.26 Å². The number of imidazole rings is 1. The Morgan fingerprint density at radius 1 is 1.40 bits per heavy atom. The van der Waals surface area contributed by atoms with Crippen LogP contribution in [0.25, 0.3) is 22.7 Å². The lowest BCUT2D eigenvalue weighted by atomic mass is 10.2. The van der Waals surface area contributed by atoms with Gasteiger partial charge < -0.3 is 4.98 Å². The summed E-state index contributed by atoms with van der Waals surface area (Å²) >= 11 is 5.00. The van der Waals surface area contributed by atoms with Crippen LogP contribution in [0.1, 0.15) is 16.3 Å². The smallest absolute Gasteiger partial charge is 0.149 e. The topological polar surface area (TPSA) is 52.5 Å². The molecule has 0 atom stereocenters. The highest BCUT2D eigenvalue weighted by Gasteiger charge is 2.08. The van der Waals surface area contributed by atoms with Crippen molar-refractivity contribution < 1.29 is 0 Å². The molecule has 0 saturated carbocycles. The number of nitrogens with zero attached hydrogens (tertiary/aromatic N) is 2.